The van der Waals surface area contributed by atoms with Crippen molar-refractivity contribution in [3.05, 3.63) is 264 Å². The van der Waals surface area contributed by atoms with Crippen LogP contribution in [0.2, 0.25) is 0 Å². The smallest absolute Gasteiger partial charge is 0.0520 e. The maximum atomic E-state index is 2.42. The number of aryl methyl sites for hydroxylation is 5. The number of benzene rings is 10. The van der Waals surface area contributed by atoms with Crippen LogP contribution in [0.5, 0.6) is 0 Å². The van der Waals surface area contributed by atoms with Crippen molar-refractivity contribution in [2.75, 3.05) is 9.80 Å². The standard InChI is InChI=1S/C65H54N2/c1-45-12-9-17-56(40-45)52-22-32-61(33-23-52)66(60-30-20-51(21-31-60)50-15-7-6-8-16-50)62-34-28-55(29-35-62)59-43-48(4)65(49(5)44-59)67(63-36-24-53(25-37-63)57-18-10-13-46(2)41-57)64-38-26-54(27-39-64)58-19-11-14-47(3)42-58/h6-44H,1-5H3. The van der Waals surface area contributed by atoms with Crippen LogP contribution in [-0.2, 0) is 0 Å². The molecule has 0 aliphatic heterocycles. The molecule has 0 fully saturated rings. The van der Waals surface area contributed by atoms with Crippen molar-refractivity contribution in [1.29, 1.82) is 0 Å². The molecule has 324 valence electrons. The first-order chi connectivity index (χ1) is 32.7. The molecule has 0 bridgehead atoms. The van der Waals surface area contributed by atoms with Crippen molar-refractivity contribution in [2.24, 2.45) is 0 Å². The quantitative estimate of drug-likeness (QED) is 0.128. The predicted molar refractivity (Wildman–Crippen MR) is 287 cm³/mol. The van der Waals surface area contributed by atoms with E-state index < -0.39 is 0 Å². The van der Waals surface area contributed by atoms with Gasteiger partial charge in [-0.2, -0.15) is 0 Å². The molecule has 0 radical (unpaired) electrons. The van der Waals surface area contributed by atoms with E-state index in [2.05, 4.69) is 281 Å². The van der Waals surface area contributed by atoms with Gasteiger partial charge in [-0.1, -0.05) is 180 Å². The minimum atomic E-state index is 1.10. The molecule has 2 heteroatoms. The number of hydrogen-bond acceptors (Lipinski definition) is 2. The van der Waals surface area contributed by atoms with E-state index in [1.807, 2.05) is 0 Å². The van der Waals surface area contributed by atoms with Gasteiger partial charge in [-0.05, 0) is 174 Å². The Bertz CT molecular complexity index is 3180. The van der Waals surface area contributed by atoms with Crippen LogP contribution < -0.4 is 9.80 Å². The summed E-state index contributed by atoms with van der Waals surface area (Å²) in [6.07, 6.45) is 0. The topological polar surface area (TPSA) is 6.48 Å². The highest BCUT2D eigenvalue weighted by Crippen LogP contribution is 2.43. The summed E-state index contributed by atoms with van der Waals surface area (Å²) in [5, 5.41) is 0. The lowest BCUT2D eigenvalue weighted by atomic mass is 9.96. The minimum Gasteiger partial charge on any atom is -0.311 e. The second-order valence-corrected chi connectivity index (χ2v) is 17.8. The van der Waals surface area contributed by atoms with Crippen LogP contribution in [0.1, 0.15) is 27.8 Å². The fraction of sp³-hybridized carbons (Fsp3) is 0.0769. The zero-order chi connectivity index (χ0) is 45.9. The molecule has 0 unspecified atom stereocenters. The second kappa shape index (κ2) is 18.7. The van der Waals surface area contributed by atoms with Crippen molar-refractivity contribution in [1.82, 2.24) is 0 Å². The molecule has 0 saturated carbocycles. The fourth-order valence-electron chi connectivity index (χ4n) is 9.45. The van der Waals surface area contributed by atoms with Crippen LogP contribution in [0, 0.1) is 34.6 Å². The number of rotatable bonds is 11. The normalized spacial score (nSPS) is 11.1. The van der Waals surface area contributed by atoms with E-state index >= 15 is 0 Å². The summed E-state index contributed by atoms with van der Waals surface area (Å²) < 4.78 is 0. The van der Waals surface area contributed by atoms with Gasteiger partial charge >= 0.3 is 0 Å². The third-order valence-electron chi connectivity index (χ3n) is 12.8. The lowest BCUT2D eigenvalue weighted by molar-refractivity contribution is 1.22. The van der Waals surface area contributed by atoms with Gasteiger partial charge in [0.25, 0.3) is 0 Å². The third kappa shape index (κ3) is 9.21. The Morgan fingerprint density at radius 1 is 0.209 bits per heavy atom. The first-order valence-electron chi connectivity index (χ1n) is 23.2. The summed E-state index contributed by atoms with van der Waals surface area (Å²) in [4.78, 5) is 4.77. The minimum absolute atomic E-state index is 1.10. The molecule has 0 aromatic heterocycles. The van der Waals surface area contributed by atoms with Crippen LogP contribution in [0.25, 0.3) is 55.6 Å². The Kier molecular flexibility index (Phi) is 11.9. The van der Waals surface area contributed by atoms with E-state index in [9.17, 15) is 0 Å². The molecule has 0 aliphatic carbocycles. The summed E-state index contributed by atoms with van der Waals surface area (Å²) in [7, 11) is 0. The Morgan fingerprint density at radius 2 is 0.478 bits per heavy atom. The molecule has 10 aromatic carbocycles. The molecule has 67 heavy (non-hydrogen) atoms. The molecular formula is C65H54N2. The second-order valence-electron chi connectivity index (χ2n) is 17.8. The third-order valence-corrected chi connectivity index (χ3v) is 12.8. The zero-order valence-corrected chi connectivity index (χ0v) is 38.9. The summed E-state index contributed by atoms with van der Waals surface area (Å²) in [6, 6.07) is 86.3. The summed E-state index contributed by atoms with van der Waals surface area (Å²) >= 11 is 0. The molecule has 0 atom stereocenters. The summed E-state index contributed by atoms with van der Waals surface area (Å²) in [6.45, 7) is 10.9. The number of hydrogen-bond donors (Lipinski definition) is 0. The van der Waals surface area contributed by atoms with E-state index in [0.717, 1.165) is 28.4 Å². The molecule has 0 amide bonds. The van der Waals surface area contributed by atoms with Gasteiger partial charge in [0.2, 0.25) is 0 Å². The predicted octanol–water partition coefficient (Wildman–Crippen LogP) is 18.5. The van der Waals surface area contributed by atoms with Gasteiger partial charge in [0.05, 0.1) is 5.69 Å². The van der Waals surface area contributed by atoms with Crippen molar-refractivity contribution in [2.45, 2.75) is 34.6 Å². The van der Waals surface area contributed by atoms with Gasteiger partial charge in [-0.25, -0.2) is 0 Å². The van der Waals surface area contributed by atoms with E-state index in [1.54, 1.807) is 0 Å². The van der Waals surface area contributed by atoms with Crippen LogP contribution in [0.4, 0.5) is 34.1 Å². The molecule has 10 aromatic rings. The average Bonchev–Trinajstić information content (AvgIpc) is 3.36. The van der Waals surface area contributed by atoms with Crippen molar-refractivity contribution in [3.63, 3.8) is 0 Å². The van der Waals surface area contributed by atoms with Crippen LogP contribution >= 0.6 is 0 Å². The van der Waals surface area contributed by atoms with Gasteiger partial charge < -0.3 is 9.80 Å². The van der Waals surface area contributed by atoms with Crippen LogP contribution in [0.3, 0.4) is 0 Å². The Labute approximate surface area is 396 Å². The monoisotopic (exact) mass is 862 g/mol. The Hall–Kier alpha value is -8.20. The molecule has 10 rings (SSSR count). The molecule has 0 spiro atoms. The summed E-state index contributed by atoms with van der Waals surface area (Å²) in [5.41, 5.74) is 25.0. The molecule has 0 saturated heterocycles. The first kappa shape index (κ1) is 42.7. The van der Waals surface area contributed by atoms with Gasteiger partial charge in [0, 0.05) is 28.4 Å². The highest BCUT2D eigenvalue weighted by Gasteiger charge is 2.20. The largest absolute Gasteiger partial charge is 0.311 e. The molecule has 0 heterocycles. The summed E-state index contributed by atoms with van der Waals surface area (Å²) in [5.74, 6) is 0. The van der Waals surface area contributed by atoms with Gasteiger partial charge in [0.1, 0.15) is 0 Å². The average molecular weight is 863 g/mol. The van der Waals surface area contributed by atoms with Crippen molar-refractivity contribution in [3.8, 4) is 55.6 Å². The highest BCUT2D eigenvalue weighted by atomic mass is 15.1. The van der Waals surface area contributed by atoms with Gasteiger partial charge in [-0.15, -0.1) is 0 Å². The maximum absolute atomic E-state index is 2.42. The van der Waals surface area contributed by atoms with Gasteiger partial charge in [0.15, 0.2) is 0 Å². The number of nitrogens with zero attached hydrogens (tertiary/aromatic N) is 2. The zero-order valence-electron chi connectivity index (χ0n) is 38.9. The molecular weight excluding hydrogens is 809 g/mol. The molecule has 2 nitrogen and oxygen atoms in total. The van der Waals surface area contributed by atoms with Crippen molar-refractivity contribution < 1.29 is 0 Å². The van der Waals surface area contributed by atoms with Gasteiger partial charge in [-0.3, -0.25) is 0 Å². The van der Waals surface area contributed by atoms with E-state index in [1.165, 1.54) is 89.1 Å². The van der Waals surface area contributed by atoms with E-state index in [-0.39, 0.29) is 0 Å². The first-order valence-corrected chi connectivity index (χ1v) is 23.2. The Morgan fingerprint density at radius 3 is 0.806 bits per heavy atom. The molecule has 0 N–H and O–H groups in total. The van der Waals surface area contributed by atoms with E-state index in [0.29, 0.717) is 0 Å². The van der Waals surface area contributed by atoms with E-state index in [4.69, 9.17) is 0 Å². The lowest BCUT2D eigenvalue weighted by Crippen LogP contribution is -2.13. The van der Waals surface area contributed by atoms with Crippen LogP contribution in [-0.4, -0.2) is 0 Å². The maximum Gasteiger partial charge on any atom is 0.0520 e. The fourth-order valence-corrected chi connectivity index (χ4v) is 9.45. The number of anilines is 6. The molecule has 0 aliphatic rings. The van der Waals surface area contributed by atoms with Crippen LogP contribution in [0.15, 0.2) is 237 Å². The lowest BCUT2D eigenvalue weighted by Gasteiger charge is -2.30. The highest BCUT2D eigenvalue weighted by molar-refractivity contribution is 5.86. The van der Waals surface area contributed by atoms with Crippen molar-refractivity contribution >= 4 is 34.1 Å². The Balaban J connectivity index is 0.998. The SMILES string of the molecule is Cc1cccc(-c2ccc(N(c3ccc(-c4ccccc4)cc3)c3ccc(-c4cc(C)c(N(c5ccc(-c6cccc(C)c6)cc5)c5ccc(-c6cccc(C)c6)cc5)c(C)c4)cc3)cc2)c1.